The molecule has 0 aliphatic heterocycles. The maximum atomic E-state index is 12.5. The molecule has 2 rings (SSSR count). The highest BCUT2D eigenvalue weighted by Crippen LogP contribution is 2.32. The lowest BCUT2D eigenvalue weighted by atomic mass is 9.74. The van der Waals surface area contributed by atoms with Crippen molar-refractivity contribution >= 4 is 5.91 Å². The van der Waals surface area contributed by atoms with Gasteiger partial charge in [0.25, 0.3) is 0 Å². The Kier molecular flexibility index (Phi) is 4.48. The van der Waals surface area contributed by atoms with E-state index >= 15 is 0 Å². The van der Waals surface area contributed by atoms with Gasteiger partial charge in [0, 0.05) is 5.54 Å². The van der Waals surface area contributed by atoms with Gasteiger partial charge in [-0.25, -0.2) is 0 Å². The molecular weight excluding hydrogens is 248 g/mol. The molecular formula is C17H26N2O. The molecule has 0 bridgehead atoms. The Balaban J connectivity index is 2.01. The van der Waals surface area contributed by atoms with E-state index in [9.17, 15) is 4.79 Å². The third kappa shape index (κ3) is 3.40. The minimum absolute atomic E-state index is 0.0285. The smallest absolute Gasteiger partial charge is 0.225 e. The fourth-order valence-electron chi connectivity index (χ4n) is 3.04. The van der Waals surface area contributed by atoms with Crippen molar-refractivity contribution in [2.24, 2.45) is 11.7 Å². The molecule has 0 saturated heterocycles. The van der Waals surface area contributed by atoms with Gasteiger partial charge in [-0.15, -0.1) is 0 Å². The predicted octanol–water partition coefficient (Wildman–Crippen LogP) is 3.08. The largest absolute Gasteiger partial charge is 0.349 e. The van der Waals surface area contributed by atoms with Crippen LogP contribution >= 0.6 is 0 Å². The second kappa shape index (κ2) is 5.96. The molecule has 3 nitrogen and oxygen atoms in total. The molecule has 0 radical (unpaired) electrons. The number of carbonyl (C=O) groups excluding carboxylic acids is 1. The first kappa shape index (κ1) is 15.0. The van der Waals surface area contributed by atoms with Crippen LogP contribution in [0.4, 0.5) is 0 Å². The zero-order chi connectivity index (χ0) is 14.8. The van der Waals surface area contributed by atoms with E-state index in [-0.39, 0.29) is 23.4 Å². The van der Waals surface area contributed by atoms with Gasteiger partial charge in [-0.05, 0) is 39.2 Å². The van der Waals surface area contributed by atoms with Crippen molar-refractivity contribution in [1.82, 2.24) is 5.32 Å². The minimum atomic E-state index is -0.366. The SMILES string of the molecule is Cc1ccc([C@H](C)NC(=O)[C@@H]2CCCC[C@@]2(C)N)cc1. The lowest BCUT2D eigenvalue weighted by Crippen LogP contribution is -2.53. The van der Waals surface area contributed by atoms with Crippen LogP contribution in [0, 0.1) is 12.8 Å². The summed E-state index contributed by atoms with van der Waals surface area (Å²) in [6.07, 6.45) is 4.07. The average molecular weight is 274 g/mol. The highest BCUT2D eigenvalue weighted by Gasteiger charge is 2.38. The summed E-state index contributed by atoms with van der Waals surface area (Å²) >= 11 is 0. The Morgan fingerprint density at radius 2 is 2.00 bits per heavy atom. The normalized spacial score (nSPS) is 27.9. The number of hydrogen-bond acceptors (Lipinski definition) is 2. The summed E-state index contributed by atoms with van der Waals surface area (Å²) in [5.74, 6) is 0.0342. The van der Waals surface area contributed by atoms with Crippen molar-refractivity contribution in [3.05, 3.63) is 35.4 Å². The molecule has 3 heteroatoms. The lowest BCUT2D eigenvalue weighted by Gasteiger charge is -2.37. The Bertz CT molecular complexity index is 464. The molecule has 0 heterocycles. The van der Waals surface area contributed by atoms with E-state index < -0.39 is 0 Å². The lowest BCUT2D eigenvalue weighted by molar-refractivity contribution is -0.128. The summed E-state index contributed by atoms with van der Waals surface area (Å²) in [5.41, 5.74) is 8.30. The molecule has 110 valence electrons. The van der Waals surface area contributed by atoms with Gasteiger partial charge in [0.2, 0.25) is 5.91 Å². The van der Waals surface area contributed by atoms with E-state index in [1.807, 2.05) is 13.8 Å². The molecule has 3 atom stereocenters. The van der Waals surface area contributed by atoms with Gasteiger partial charge in [0.1, 0.15) is 0 Å². The number of hydrogen-bond donors (Lipinski definition) is 2. The van der Waals surface area contributed by atoms with Crippen LogP contribution in [0.15, 0.2) is 24.3 Å². The molecule has 3 N–H and O–H groups in total. The molecule has 1 saturated carbocycles. The van der Waals surface area contributed by atoms with Crippen molar-refractivity contribution in [2.45, 2.75) is 58.0 Å². The molecule has 20 heavy (non-hydrogen) atoms. The summed E-state index contributed by atoms with van der Waals surface area (Å²) in [4.78, 5) is 12.5. The van der Waals surface area contributed by atoms with E-state index in [0.29, 0.717) is 0 Å². The van der Waals surface area contributed by atoms with Gasteiger partial charge in [0.15, 0.2) is 0 Å². The maximum absolute atomic E-state index is 12.5. The van der Waals surface area contributed by atoms with Gasteiger partial charge in [-0.3, -0.25) is 4.79 Å². The number of aryl methyl sites for hydroxylation is 1. The molecule has 1 aliphatic carbocycles. The van der Waals surface area contributed by atoms with Crippen LogP contribution in [-0.2, 0) is 4.79 Å². The summed E-state index contributed by atoms with van der Waals surface area (Å²) in [5, 5.41) is 3.12. The van der Waals surface area contributed by atoms with Crippen molar-refractivity contribution < 1.29 is 4.79 Å². The van der Waals surface area contributed by atoms with Crippen molar-refractivity contribution in [3.8, 4) is 0 Å². The van der Waals surface area contributed by atoms with Gasteiger partial charge in [-0.1, -0.05) is 42.7 Å². The van der Waals surface area contributed by atoms with Crippen LogP contribution in [0.5, 0.6) is 0 Å². The number of benzene rings is 1. The van der Waals surface area contributed by atoms with Crippen LogP contribution in [0.1, 0.15) is 56.7 Å². The number of carbonyl (C=O) groups is 1. The van der Waals surface area contributed by atoms with Gasteiger partial charge in [0.05, 0.1) is 12.0 Å². The maximum Gasteiger partial charge on any atom is 0.225 e. The summed E-state index contributed by atoms with van der Waals surface area (Å²) in [6.45, 7) is 6.10. The molecule has 1 aromatic carbocycles. The highest BCUT2D eigenvalue weighted by molar-refractivity contribution is 5.80. The number of amides is 1. The van der Waals surface area contributed by atoms with E-state index in [4.69, 9.17) is 5.73 Å². The highest BCUT2D eigenvalue weighted by atomic mass is 16.2. The Labute approximate surface area is 121 Å². The van der Waals surface area contributed by atoms with Crippen LogP contribution < -0.4 is 11.1 Å². The Morgan fingerprint density at radius 3 is 2.60 bits per heavy atom. The van der Waals surface area contributed by atoms with Crippen molar-refractivity contribution in [2.75, 3.05) is 0 Å². The number of nitrogens with one attached hydrogen (secondary N) is 1. The zero-order valence-corrected chi connectivity index (χ0v) is 12.8. The minimum Gasteiger partial charge on any atom is -0.349 e. The first-order chi connectivity index (χ1) is 9.40. The van der Waals surface area contributed by atoms with E-state index in [1.54, 1.807) is 0 Å². The van der Waals surface area contributed by atoms with Crippen LogP contribution in [0.2, 0.25) is 0 Å². The predicted molar refractivity (Wildman–Crippen MR) is 82.3 cm³/mol. The molecule has 1 fully saturated rings. The Hall–Kier alpha value is -1.35. The van der Waals surface area contributed by atoms with E-state index in [2.05, 4.69) is 36.5 Å². The second-order valence-electron chi connectivity index (χ2n) is 6.45. The first-order valence-corrected chi connectivity index (χ1v) is 7.56. The summed E-state index contributed by atoms with van der Waals surface area (Å²) in [7, 11) is 0. The van der Waals surface area contributed by atoms with Gasteiger partial charge >= 0.3 is 0 Å². The molecule has 0 unspecified atom stereocenters. The molecule has 1 amide bonds. The molecule has 1 aromatic rings. The quantitative estimate of drug-likeness (QED) is 0.890. The van der Waals surface area contributed by atoms with E-state index in [0.717, 1.165) is 31.2 Å². The molecule has 0 spiro atoms. The van der Waals surface area contributed by atoms with Crippen LogP contribution in [0.3, 0.4) is 0 Å². The topological polar surface area (TPSA) is 55.1 Å². The molecule has 0 aromatic heterocycles. The third-order valence-electron chi connectivity index (χ3n) is 4.51. The van der Waals surface area contributed by atoms with Gasteiger partial charge < -0.3 is 11.1 Å². The fraction of sp³-hybridized carbons (Fsp3) is 0.588. The fourth-order valence-corrected chi connectivity index (χ4v) is 3.04. The summed E-state index contributed by atoms with van der Waals surface area (Å²) < 4.78 is 0. The second-order valence-corrected chi connectivity index (χ2v) is 6.45. The summed E-state index contributed by atoms with van der Waals surface area (Å²) in [6, 6.07) is 8.32. The van der Waals surface area contributed by atoms with Crippen LogP contribution in [0.25, 0.3) is 0 Å². The average Bonchev–Trinajstić information content (AvgIpc) is 2.38. The van der Waals surface area contributed by atoms with Crippen LogP contribution in [-0.4, -0.2) is 11.4 Å². The number of nitrogens with two attached hydrogens (primary N) is 1. The monoisotopic (exact) mass is 274 g/mol. The third-order valence-corrected chi connectivity index (χ3v) is 4.51. The standard InChI is InChI=1S/C17H26N2O/c1-12-7-9-14(10-8-12)13(2)19-16(20)15-6-4-5-11-17(15,3)18/h7-10,13,15H,4-6,11,18H2,1-3H3,(H,19,20)/t13-,15-,17+/m0/s1. The van der Waals surface area contributed by atoms with Crippen molar-refractivity contribution in [1.29, 1.82) is 0 Å². The number of rotatable bonds is 3. The Morgan fingerprint density at radius 1 is 1.35 bits per heavy atom. The molecule has 1 aliphatic rings. The van der Waals surface area contributed by atoms with E-state index in [1.165, 1.54) is 5.56 Å². The first-order valence-electron chi connectivity index (χ1n) is 7.56. The van der Waals surface area contributed by atoms with Crippen molar-refractivity contribution in [3.63, 3.8) is 0 Å². The van der Waals surface area contributed by atoms with Gasteiger partial charge in [-0.2, -0.15) is 0 Å². The zero-order valence-electron chi connectivity index (χ0n) is 12.8.